The standard InChI is InChI=1S/C17H37N6O5P/c1-11(2)14(22-12(3)4)16(25)23-13(7-6-8-20-17(18)26)15(24)19-9-10-21-29(5,27)28/h11-14,22H,6-10H2,1-5H3,(H,19,24)(H,23,25)(H3,18,20,26)(H2,21,27,28)/t13-,14-/m0/s1. The van der Waals surface area contributed by atoms with Crippen LogP contribution in [0.25, 0.3) is 0 Å². The van der Waals surface area contributed by atoms with Gasteiger partial charge in [-0.15, -0.1) is 0 Å². The molecule has 0 saturated heterocycles. The van der Waals surface area contributed by atoms with Crippen LogP contribution in [0.5, 0.6) is 0 Å². The fraction of sp³-hybridized carbons (Fsp3) is 0.824. The minimum absolute atomic E-state index is 0.0186. The first kappa shape index (κ1) is 27.3. The highest BCUT2D eigenvalue weighted by Crippen LogP contribution is 2.27. The largest absolute Gasteiger partial charge is 0.353 e. The molecule has 4 amide bonds. The molecule has 0 aliphatic heterocycles. The molecule has 0 aliphatic rings. The smallest absolute Gasteiger partial charge is 0.312 e. The summed E-state index contributed by atoms with van der Waals surface area (Å²) in [7, 11) is -3.37. The lowest BCUT2D eigenvalue weighted by Gasteiger charge is -2.27. The van der Waals surface area contributed by atoms with Gasteiger partial charge < -0.3 is 31.9 Å². The zero-order valence-corrected chi connectivity index (χ0v) is 18.8. The minimum atomic E-state index is -3.37. The average molecular weight is 436 g/mol. The van der Waals surface area contributed by atoms with E-state index in [0.29, 0.717) is 12.8 Å². The molecule has 1 unspecified atom stereocenters. The van der Waals surface area contributed by atoms with Gasteiger partial charge in [0, 0.05) is 32.3 Å². The first-order chi connectivity index (χ1) is 13.3. The zero-order chi connectivity index (χ0) is 22.6. The first-order valence-electron chi connectivity index (χ1n) is 9.76. The zero-order valence-electron chi connectivity index (χ0n) is 17.9. The summed E-state index contributed by atoms with van der Waals surface area (Å²) in [4.78, 5) is 45.2. The molecule has 0 saturated carbocycles. The molecule has 0 fully saturated rings. The lowest BCUT2D eigenvalue weighted by atomic mass is 10.0. The van der Waals surface area contributed by atoms with Crippen molar-refractivity contribution in [2.24, 2.45) is 11.7 Å². The van der Waals surface area contributed by atoms with Crippen LogP contribution in [0.2, 0.25) is 0 Å². The summed E-state index contributed by atoms with van der Waals surface area (Å²) in [6.07, 6.45) is 0.731. The Balaban J connectivity index is 4.92. The third kappa shape index (κ3) is 14.0. The molecule has 170 valence electrons. The number of amides is 4. The third-order valence-corrected chi connectivity index (χ3v) is 4.70. The van der Waals surface area contributed by atoms with Crippen molar-refractivity contribution in [2.45, 2.75) is 58.7 Å². The van der Waals surface area contributed by atoms with Gasteiger partial charge in [0.2, 0.25) is 11.8 Å². The molecule has 0 heterocycles. The molecule has 0 rings (SSSR count). The van der Waals surface area contributed by atoms with Gasteiger partial charge in [0.25, 0.3) is 7.52 Å². The van der Waals surface area contributed by atoms with Gasteiger partial charge in [-0.2, -0.15) is 0 Å². The van der Waals surface area contributed by atoms with Gasteiger partial charge in [-0.05, 0) is 18.8 Å². The Morgan fingerprint density at radius 1 is 1.00 bits per heavy atom. The number of primary amides is 1. The van der Waals surface area contributed by atoms with Crippen molar-refractivity contribution in [2.75, 3.05) is 26.3 Å². The molecular formula is C17H37N6O5P. The fourth-order valence-electron chi connectivity index (χ4n) is 2.55. The van der Waals surface area contributed by atoms with Crippen molar-refractivity contribution in [3.05, 3.63) is 0 Å². The molecule has 3 atom stereocenters. The Morgan fingerprint density at radius 3 is 2.10 bits per heavy atom. The van der Waals surface area contributed by atoms with E-state index in [-0.39, 0.29) is 37.5 Å². The first-order valence-corrected chi connectivity index (χ1v) is 11.9. The number of hydrogen-bond donors (Lipinski definition) is 7. The number of nitrogens with one attached hydrogen (secondary N) is 5. The highest BCUT2D eigenvalue weighted by molar-refractivity contribution is 7.54. The van der Waals surface area contributed by atoms with Crippen molar-refractivity contribution in [3.8, 4) is 0 Å². The predicted octanol–water partition coefficient (Wildman–Crippen LogP) is -0.537. The number of nitrogens with two attached hydrogens (primary N) is 1. The monoisotopic (exact) mass is 436 g/mol. The van der Waals surface area contributed by atoms with Gasteiger partial charge in [0.1, 0.15) is 6.04 Å². The van der Waals surface area contributed by atoms with Crippen molar-refractivity contribution in [1.82, 2.24) is 26.4 Å². The van der Waals surface area contributed by atoms with Crippen molar-refractivity contribution in [3.63, 3.8) is 0 Å². The maximum Gasteiger partial charge on any atom is 0.312 e. The van der Waals surface area contributed by atoms with Crippen LogP contribution >= 0.6 is 7.52 Å². The van der Waals surface area contributed by atoms with Gasteiger partial charge in [-0.1, -0.05) is 27.7 Å². The Bertz CT molecular complexity index is 581. The van der Waals surface area contributed by atoms with E-state index < -0.39 is 31.5 Å². The molecule has 8 N–H and O–H groups in total. The van der Waals surface area contributed by atoms with E-state index in [0.717, 1.165) is 6.66 Å². The number of urea groups is 1. The van der Waals surface area contributed by atoms with Crippen LogP contribution in [0.4, 0.5) is 4.79 Å². The third-order valence-electron chi connectivity index (χ3n) is 3.89. The molecule has 0 aromatic rings. The van der Waals surface area contributed by atoms with Crippen molar-refractivity contribution < 1.29 is 23.8 Å². The van der Waals surface area contributed by atoms with Crippen LogP contribution in [-0.2, 0) is 14.2 Å². The second-order valence-electron chi connectivity index (χ2n) is 7.62. The van der Waals surface area contributed by atoms with Crippen LogP contribution in [0.15, 0.2) is 0 Å². The van der Waals surface area contributed by atoms with E-state index in [1.165, 1.54) is 0 Å². The second kappa shape index (κ2) is 13.5. The minimum Gasteiger partial charge on any atom is -0.353 e. The molecule has 0 aliphatic carbocycles. The quantitative estimate of drug-likeness (QED) is 0.141. The van der Waals surface area contributed by atoms with Crippen LogP contribution in [0.3, 0.4) is 0 Å². The number of rotatable bonds is 14. The Labute approximate surface area is 172 Å². The normalized spacial score (nSPS) is 15.4. The van der Waals surface area contributed by atoms with Gasteiger partial charge in [-0.25, -0.2) is 9.88 Å². The molecule has 0 bridgehead atoms. The van der Waals surface area contributed by atoms with Gasteiger partial charge in [0.05, 0.1) is 6.04 Å². The maximum absolute atomic E-state index is 12.7. The molecule has 12 heteroatoms. The Hall–Kier alpha value is -1.68. The Kier molecular flexibility index (Phi) is 12.7. The summed E-state index contributed by atoms with van der Waals surface area (Å²) < 4.78 is 11.2. The Morgan fingerprint density at radius 2 is 1.62 bits per heavy atom. The average Bonchev–Trinajstić information content (AvgIpc) is 2.57. The van der Waals surface area contributed by atoms with Gasteiger partial charge in [0.15, 0.2) is 0 Å². The summed E-state index contributed by atoms with van der Waals surface area (Å²) >= 11 is 0. The molecule has 0 radical (unpaired) electrons. The highest BCUT2D eigenvalue weighted by Gasteiger charge is 2.27. The van der Waals surface area contributed by atoms with Crippen LogP contribution < -0.4 is 32.1 Å². The van der Waals surface area contributed by atoms with Gasteiger partial charge >= 0.3 is 6.03 Å². The van der Waals surface area contributed by atoms with E-state index in [4.69, 9.17) is 5.73 Å². The number of hydrogen-bond acceptors (Lipinski definition) is 5. The summed E-state index contributed by atoms with van der Waals surface area (Å²) in [6.45, 7) is 9.37. The molecular weight excluding hydrogens is 399 g/mol. The summed E-state index contributed by atoms with van der Waals surface area (Å²) in [6, 6.07) is -1.84. The number of carbonyl (C=O) groups excluding carboxylic acids is 3. The number of carbonyl (C=O) groups is 3. The van der Waals surface area contributed by atoms with E-state index in [1.54, 1.807) is 0 Å². The summed E-state index contributed by atoms with van der Waals surface area (Å²) in [5.74, 6) is -0.677. The molecule has 29 heavy (non-hydrogen) atoms. The van der Waals surface area contributed by atoms with Gasteiger partial charge in [-0.3, -0.25) is 14.2 Å². The molecule has 11 nitrogen and oxygen atoms in total. The van der Waals surface area contributed by atoms with Crippen molar-refractivity contribution in [1.29, 1.82) is 0 Å². The molecule has 0 aromatic carbocycles. The summed E-state index contributed by atoms with van der Waals surface area (Å²) in [5, 5.41) is 13.5. The van der Waals surface area contributed by atoms with E-state index in [9.17, 15) is 23.8 Å². The van der Waals surface area contributed by atoms with E-state index in [2.05, 4.69) is 26.4 Å². The lowest BCUT2D eigenvalue weighted by molar-refractivity contribution is -0.130. The topological polar surface area (TPSA) is 175 Å². The highest BCUT2D eigenvalue weighted by atomic mass is 31.2. The molecule has 0 spiro atoms. The van der Waals surface area contributed by atoms with Crippen LogP contribution in [0.1, 0.15) is 40.5 Å². The predicted molar refractivity (Wildman–Crippen MR) is 112 cm³/mol. The lowest BCUT2D eigenvalue weighted by Crippen LogP contribution is -2.55. The molecule has 0 aromatic heterocycles. The van der Waals surface area contributed by atoms with E-state index in [1.807, 2.05) is 27.7 Å². The summed E-state index contributed by atoms with van der Waals surface area (Å²) in [5.41, 5.74) is 5.03. The SMILES string of the molecule is CC(C)N[C@H](C(=O)N[C@@H](CCCNC(N)=O)C(=O)NCCNP(C)(=O)O)C(C)C. The van der Waals surface area contributed by atoms with Crippen molar-refractivity contribution >= 4 is 25.4 Å². The maximum atomic E-state index is 12.7. The second-order valence-corrected chi connectivity index (χ2v) is 9.69. The van der Waals surface area contributed by atoms with Crippen LogP contribution in [-0.4, -0.2) is 67.2 Å². The van der Waals surface area contributed by atoms with E-state index >= 15 is 0 Å². The fourth-order valence-corrected chi connectivity index (χ4v) is 3.08. The van der Waals surface area contributed by atoms with Crippen LogP contribution in [0, 0.1) is 5.92 Å².